The highest BCUT2D eigenvalue weighted by Crippen LogP contribution is 2.53. The summed E-state index contributed by atoms with van der Waals surface area (Å²) >= 11 is 0. The van der Waals surface area contributed by atoms with Crippen LogP contribution in [-0.2, 0) is 15.7 Å². The first-order valence-electron chi connectivity index (χ1n) is 15.3. The molecule has 4 heterocycles. The molecule has 0 radical (unpaired) electrons. The molecule has 2 aromatic rings. The van der Waals surface area contributed by atoms with E-state index in [1.54, 1.807) is 16.5 Å². The first-order valence-corrected chi connectivity index (χ1v) is 15.3. The number of fused-ring (bicyclic) bond motifs is 2. The van der Waals surface area contributed by atoms with E-state index in [1.807, 2.05) is 0 Å². The fraction of sp³-hybridized carbons (Fsp3) is 0.581. The minimum absolute atomic E-state index is 0.0145. The van der Waals surface area contributed by atoms with E-state index in [9.17, 15) is 32.8 Å². The summed E-state index contributed by atoms with van der Waals surface area (Å²) in [5.41, 5.74) is -0.391. The van der Waals surface area contributed by atoms with E-state index in [4.69, 9.17) is 9.84 Å². The third-order valence-electron chi connectivity index (χ3n) is 9.81. The van der Waals surface area contributed by atoms with Gasteiger partial charge in [-0.25, -0.2) is 4.68 Å². The number of alkyl halides is 3. The van der Waals surface area contributed by atoms with Crippen LogP contribution in [0.1, 0.15) is 89.4 Å². The molecule has 10 nitrogen and oxygen atoms in total. The topological polar surface area (TPSA) is 121 Å². The maximum absolute atomic E-state index is 14.3. The number of likely N-dealkylation sites (tertiary alicyclic amines) is 1. The fourth-order valence-corrected chi connectivity index (χ4v) is 7.42. The van der Waals surface area contributed by atoms with Gasteiger partial charge in [-0.15, -0.1) is 0 Å². The van der Waals surface area contributed by atoms with Gasteiger partial charge in [0, 0.05) is 42.8 Å². The molecule has 232 valence electrons. The van der Waals surface area contributed by atoms with Gasteiger partial charge in [0.25, 0.3) is 17.7 Å². The van der Waals surface area contributed by atoms with Crippen molar-refractivity contribution < 1.29 is 32.3 Å². The van der Waals surface area contributed by atoms with Gasteiger partial charge in [-0.3, -0.25) is 19.3 Å². The second-order valence-electron chi connectivity index (χ2n) is 12.5. The van der Waals surface area contributed by atoms with Crippen LogP contribution in [0.5, 0.6) is 0 Å². The Balaban J connectivity index is 1.33. The van der Waals surface area contributed by atoms with Crippen LogP contribution in [0.3, 0.4) is 0 Å². The number of halogens is 3. The van der Waals surface area contributed by atoms with Gasteiger partial charge in [0.15, 0.2) is 5.69 Å². The molecule has 2 saturated carbocycles. The average molecular weight is 611 g/mol. The van der Waals surface area contributed by atoms with E-state index < -0.39 is 35.6 Å². The fourth-order valence-electron chi connectivity index (χ4n) is 7.42. The van der Waals surface area contributed by atoms with Crippen LogP contribution >= 0.6 is 0 Å². The molecule has 13 heteroatoms. The van der Waals surface area contributed by atoms with Gasteiger partial charge < -0.3 is 15.0 Å². The number of ether oxygens (including phenoxy) is 1. The number of likely N-dealkylation sites (N-methyl/N-ethyl adjacent to an activating group) is 1. The Labute approximate surface area is 252 Å². The van der Waals surface area contributed by atoms with E-state index in [2.05, 4.69) is 11.4 Å². The van der Waals surface area contributed by atoms with Crippen molar-refractivity contribution in [2.75, 3.05) is 24.7 Å². The van der Waals surface area contributed by atoms with Gasteiger partial charge in [0.05, 0.1) is 17.7 Å². The summed E-state index contributed by atoms with van der Waals surface area (Å²) in [5, 5.41) is 17.5. The van der Waals surface area contributed by atoms with Crippen molar-refractivity contribution in [3.8, 4) is 6.07 Å². The number of hydrogen-bond acceptors (Lipinski definition) is 6. The smallest absolute Gasteiger partial charge is 0.381 e. The van der Waals surface area contributed by atoms with Gasteiger partial charge in [-0.2, -0.15) is 23.5 Å². The van der Waals surface area contributed by atoms with E-state index >= 15 is 0 Å². The van der Waals surface area contributed by atoms with Crippen LogP contribution in [-0.4, -0.2) is 70.3 Å². The number of benzene rings is 1. The van der Waals surface area contributed by atoms with Crippen molar-refractivity contribution >= 4 is 23.5 Å². The van der Waals surface area contributed by atoms with E-state index in [1.165, 1.54) is 11.0 Å². The summed E-state index contributed by atoms with van der Waals surface area (Å²) in [5.74, 6) is -1.32. The molecule has 2 aliphatic carbocycles. The van der Waals surface area contributed by atoms with Gasteiger partial charge in [-0.1, -0.05) is 6.07 Å². The quantitative estimate of drug-likeness (QED) is 0.527. The molecule has 7 rings (SSSR count). The van der Waals surface area contributed by atoms with Crippen LogP contribution in [0.2, 0.25) is 0 Å². The molecule has 5 atom stereocenters. The summed E-state index contributed by atoms with van der Waals surface area (Å²) in [7, 11) is 0. The number of nitrogens with zero attached hydrogens (tertiary/aromatic N) is 5. The SMILES string of the molecule is CCN1C(=O)C(NC(=O)c2cccc(C(F)(F)F)c2)C(C2CC2)c2c(C(=O)N3C(C#N)CC4CC43)nn(C3CCOCC3)c21. The molecule has 0 bridgehead atoms. The number of amides is 3. The van der Waals surface area contributed by atoms with Gasteiger partial charge in [0.2, 0.25) is 0 Å². The number of anilines is 1. The Morgan fingerprint density at radius 3 is 2.55 bits per heavy atom. The zero-order valence-electron chi connectivity index (χ0n) is 24.2. The Kier molecular flexibility index (Phi) is 6.95. The van der Waals surface area contributed by atoms with Crippen molar-refractivity contribution in [2.45, 2.75) is 81.7 Å². The monoisotopic (exact) mass is 610 g/mol. The average Bonchev–Trinajstić information content (AvgIpc) is 3.94. The molecular weight excluding hydrogens is 577 g/mol. The molecule has 3 amide bonds. The summed E-state index contributed by atoms with van der Waals surface area (Å²) in [6.45, 7) is 3.05. The molecule has 0 spiro atoms. The number of aromatic nitrogens is 2. The van der Waals surface area contributed by atoms with Crippen molar-refractivity contribution in [1.29, 1.82) is 5.26 Å². The van der Waals surface area contributed by atoms with Crippen LogP contribution in [0.4, 0.5) is 19.0 Å². The second kappa shape index (κ2) is 10.6. The highest BCUT2D eigenvalue weighted by molar-refractivity contribution is 6.07. The lowest BCUT2D eigenvalue weighted by Gasteiger charge is -2.39. The van der Waals surface area contributed by atoms with Crippen LogP contribution < -0.4 is 10.2 Å². The Morgan fingerprint density at radius 2 is 1.89 bits per heavy atom. The Morgan fingerprint density at radius 1 is 1.14 bits per heavy atom. The summed E-state index contributed by atoms with van der Waals surface area (Å²) in [4.78, 5) is 45.2. The molecule has 3 aliphatic heterocycles. The van der Waals surface area contributed by atoms with Gasteiger partial charge >= 0.3 is 6.18 Å². The van der Waals surface area contributed by atoms with E-state index in [-0.39, 0.29) is 47.6 Å². The molecule has 1 aromatic carbocycles. The van der Waals surface area contributed by atoms with Gasteiger partial charge in [0.1, 0.15) is 17.9 Å². The van der Waals surface area contributed by atoms with E-state index in [0.717, 1.165) is 37.5 Å². The molecule has 2 saturated heterocycles. The summed E-state index contributed by atoms with van der Waals surface area (Å²) in [6, 6.07) is 4.59. The molecule has 5 aliphatic rings. The van der Waals surface area contributed by atoms with Crippen molar-refractivity contribution in [2.24, 2.45) is 11.8 Å². The highest BCUT2D eigenvalue weighted by atomic mass is 19.4. The van der Waals surface area contributed by atoms with Gasteiger partial charge in [-0.05, 0) is 75.5 Å². The first kappa shape index (κ1) is 28.8. The number of carbonyl (C=O) groups is 3. The van der Waals surface area contributed by atoms with Crippen LogP contribution in [0.25, 0.3) is 0 Å². The third kappa shape index (κ3) is 4.74. The largest absolute Gasteiger partial charge is 0.416 e. The molecule has 4 fully saturated rings. The first-order chi connectivity index (χ1) is 21.1. The zero-order valence-corrected chi connectivity index (χ0v) is 24.2. The minimum atomic E-state index is -4.63. The molecule has 44 heavy (non-hydrogen) atoms. The maximum Gasteiger partial charge on any atom is 0.416 e. The van der Waals surface area contributed by atoms with Crippen LogP contribution in [0.15, 0.2) is 24.3 Å². The number of carbonyl (C=O) groups excluding carboxylic acids is 3. The standard InChI is InChI=1S/C31H33F3N6O4/c1-2-38-28-24(23(16-6-7-16)25(29(38)42)36-27(41)17-4-3-5-19(12-17)31(32,33)34)26(37-40(28)20-8-10-44-11-9-20)30(43)39-21(15-35)13-18-14-22(18)39/h3-5,12,16,18,20-23,25H,2,6-11,13-14H2,1H3,(H,36,41). The van der Waals surface area contributed by atoms with Crippen molar-refractivity contribution in [3.63, 3.8) is 0 Å². The second-order valence-corrected chi connectivity index (χ2v) is 12.5. The third-order valence-corrected chi connectivity index (χ3v) is 9.81. The maximum atomic E-state index is 14.3. The molecular formula is C31H33F3N6O4. The molecule has 1 aromatic heterocycles. The van der Waals surface area contributed by atoms with Crippen LogP contribution in [0, 0.1) is 23.2 Å². The predicted molar refractivity (Wildman–Crippen MR) is 150 cm³/mol. The van der Waals surface area contributed by atoms with Crippen molar-refractivity contribution in [3.05, 3.63) is 46.6 Å². The highest BCUT2D eigenvalue weighted by Gasteiger charge is 2.57. The number of nitrogens with one attached hydrogen (secondary N) is 1. The number of hydrogen-bond donors (Lipinski definition) is 1. The number of rotatable bonds is 6. The number of nitriles is 1. The summed E-state index contributed by atoms with van der Waals surface area (Å²) in [6.07, 6.45) is -0.341. The van der Waals surface area contributed by atoms with E-state index in [0.29, 0.717) is 49.8 Å². The summed E-state index contributed by atoms with van der Waals surface area (Å²) < 4.78 is 47.6. The minimum Gasteiger partial charge on any atom is -0.381 e. The lowest BCUT2D eigenvalue weighted by Crippen LogP contribution is -2.56. The number of piperidine rings is 1. The molecule has 5 unspecified atom stereocenters. The normalized spacial score (nSPS) is 28.3. The predicted octanol–water partition coefficient (Wildman–Crippen LogP) is 4.04. The lowest BCUT2D eigenvalue weighted by molar-refractivity contribution is -0.137. The Hall–Kier alpha value is -3.92. The zero-order chi connectivity index (χ0) is 30.9. The lowest BCUT2D eigenvalue weighted by atomic mass is 9.82. The molecule has 1 N–H and O–H groups in total. The van der Waals surface area contributed by atoms with Crippen molar-refractivity contribution in [1.82, 2.24) is 20.0 Å². The Bertz CT molecular complexity index is 1560.